The van der Waals surface area contributed by atoms with Crippen molar-refractivity contribution in [2.75, 3.05) is 38.0 Å². The first-order chi connectivity index (χ1) is 17.9. The molecule has 38 heavy (non-hydrogen) atoms. The molecule has 0 unspecified atom stereocenters. The molecule has 202 valence electrons. The van der Waals surface area contributed by atoms with Gasteiger partial charge in [-0.05, 0) is 42.8 Å². The highest BCUT2D eigenvalue weighted by atomic mass is 19.4. The lowest BCUT2D eigenvalue weighted by molar-refractivity contribution is -0.138. The fourth-order valence-corrected chi connectivity index (χ4v) is 4.18. The molecule has 1 saturated heterocycles. The molecule has 0 radical (unpaired) electrons. The predicted molar refractivity (Wildman–Crippen MR) is 126 cm³/mol. The van der Waals surface area contributed by atoms with Crippen LogP contribution in [0.15, 0.2) is 65.1 Å². The van der Waals surface area contributed by atoms with Gasteiger partial charge in [0.15, 0.2) is 5.76 Å². The Balaban J connectivity index is 1.36. The van der Waals surface area contributed by atoms with Crippen molar-refractivity contribution < 1.29 is 40.3 Å². The molecule has 2 heterocycles. The van der Waals surface area contributed by atoms with Crippen molar-refractivity contribution in [1.29, 1.82) is 0 Å². The number of carbonyl (C=O) groups is 2. The number of carbonyl (C=O) groups excluding carboxylic acids is 2. The van der Waals surface area contributed by atoms with Gasteiger partial charge in [-0.25, -0.2) is 0 Å². The Morgan fingerprint density at radius 3 is 2.34 bits per heavy atom. The summed E-state index contributed by atoms with van der Waals surface area (Å²) in [7, 11) is 0. The third-order valence-electron chi connectivity index (χ3n) is 6.04. The van der Waals surface area contributed by atoms with E-state index in [9.17, 15) is 35.9 Å². The van der Waals surface area contributed by atoms with Crippen LogP contribution in [0.1, 0.15) is 28.1 Å². The molecule has 0 saturated carbocycles. The second-order valence-corrected chi connectivity index (χ2v) is 8.76. The number of rotatable bonds is 5. The topological polar surface area (TPSA) is 65.8 Å². The fraction of sp³-hybridized carbons (Fsp3) is 0.308. The fourth-order valence-electron chi connectivity index (χ4n) is 4.18. The van der Waals surface area contributed by atoms with Crippen LogP contribution in [0.2, 0.25) is 0 Å². The Hall–Kier alpha value is -3.80. The number of amides is 2. The van der Waals surface area contributed by atoms with Crippen LogP contribution in [-0.4, -0.2) is 54.3 Å². The van der Waals surface area contributed by atoms with Crippen molar-refractivity contribution >= 4 is 17.5 Å². The minimum Gasteiger partial charge on any atom is -0.451 e. The number of halogens is 6. The summed E-state index contributed by atoms with van der Waals surface area (Å²) in [5.74, 6) is -0.981. The van der Waals surface area contributed by atoms with Gasteiger partial charge in [-0.1, -0.05) is 24.3 Å². The molecule has 3 aromatic rings. The van der Waals surface area contributed by atoms with Gasteiger partial charge in [-0.15, -0.1) is 0 Å². The monoisotopic (exact) mass is 539 g/mol. The smallest absolute Gasteiger partial charge is 0.418 e. The average Bonchev–Trinajstić information content (AvgIpc) is 3.24. The Morgan fingerprint density at radius 2 is 1.61 bits per heavy atom. The van der Waals surface area contributed by atoms with Crippen LogP contribution in [-0.2, 0) is 17.1 Å². The number of benzene rings is 2. The maximum atomic E-state index is 13.2. The van der Waals surface area contributed by atoms with Gasteiger partial charge in [0, 0.05) is 31.7 Å². The molecule has 1 aliphatic rings. The van der Waals surface area contributed by atoms with E-state index in [1.807, 2.05) is 0 Å². The summed E-state index contributed by atoms with van der Waals surface area (Å²) < 4.78 is 84.2. The van der Waals surface area contributed by atoms with E-state index in [0.717, 1.165) is 18.2 Å². The number of furan rings is 1. The zero-order chi connectivity index (χ0) is 27.5. The van der Waals surface area contributed by atoms with Crippen molar-refractivity contribution in [2.45, 2.75) is 18.8 Å². The molecule has 2 amide bonds. The average molecular weight is 539 g/mol. The van der Waals surface area contributed by atoms with Gasteiger partial charge in [0.1, 0.15) is 5.76 Å². The third-order valence-corrected chi connectivity index (χ3v) is 6.04. The van der Waals surface area contributed by atoms with E-state index < -0.39 is 35.3 Å². The lowest BCUT2D eigenvalue weighted by Gasteiger charge is -2.21. The lowest BCUT2D eigenvalue weighted by atomic mass is 10.1. The van der Waals surface area contributed by atoms with E-state index in [2.05, 4.69) is 5.32 Å². The maximum Gasteiger partial charge on any atom is 0.418 e. The third kappa shape index (κ3) is 6.55. The Kier molecular flexibility index (Phi) is 7.81. The van der Waals surface area contributed by atoms with Gasteiger partial charge in [-0.3, -0.25) is 14.5 Å². The van der Waals surface area contributed by atoms with Crippen LogP contribution in [0.4, 0.5) is 32.0 Å². The zero-order valence-corrected chi connectivity index (χ0v) is 19.9. The molecule has 0 atom stereocenters. The predicted octanol–water partition coefficient (Wildman–Crippen LogP) is 5.77. The van der Waals surface area contributed by atoms with Crippen molar-refractivity contribution in [1.82, 2.24) is 9.80 Å². The van der Waals surface area contributed by atoms with Gasteiger partial charge in [0.05, 0.1) is 23.4 Å². The number of anilines is 1. The SMILES string of the molecule is O=C(CN1CCCN(C(=O)c2ccc(-c3cccc(C(F)(F)F)c3)o2)CC1)Nc1ccccc1C(F)(F)F. The number of nitrogens with zero attached hydrogens (tertiary/aromatic N) is 2. The van der Waals surface area contributed by atoms with Gasteiger partial charge >= 0.3 is 12.4 Å². The number of hydrogen-bond acceptors (Lipinski definition) is 4. The van der Waals surface area contributed by atoms with E-state index in [-0.39, 0.29) is 35.9 Å². The number of para-hydroxylation sites is 1. The standard InChI is InChI=1S/C26H23F6N3O3/c27-25(28,29)18-6-3-5-17(15-18)21-9-10-22(38-21)24(37)35-12-4-11-34(13-14-35)16-23(36)33-20-8-2-1-7-19(20)26(30,31)32/h1-3,5-10,15H,4,11-14,16H2,(H,33,36). The molecular weight excluding hydrogens is 516 g/mol. The van der Waals surface area contributed by atoms with E-state index in [0.29, 0.717) is 26.1 Å². The van der Waals surface area contributed by atoms with E-state index in [1.165, 1.54) is 47.4 Å². The normalized spacial score (nSPS) is 15.3. The Labute approximate surface area is 213 Å². The molecule has 1 N–H and O–H groups in total. The highest BCUT2D eigenvalue weighted by Gasteiger charge is 2.34. The summed E-state index contributed by atoms with van der Waals surface area (Å²) in [5.41, 5.74) is -1.92. The molecule has 12 heteroatoms. The molecular formula is C26H23F6N3O3. The van der Waals surface area contributed by atoms with Gasteiger partial charge in [-0.2, -0.15) is 26.3 Å². The van der Waals surface area contributed by atoms with Crippen LogP contribution < -0.4 is 5.32 Å². The van der Waals surface area contributed by atoms with Crippen molar-refractivity contribution in [3.8, 4) is 11.3 Å². The highest BCUT2D eigenvalue weighted by molar-refractivity contribution is 5.93. The van der Waals surface area contributed by atoms with Crippen LogP contribution >= 0.6 is 0 Å². The second kappa shape index (κ2) is 10.9. The van der Waals surface area contributed by atoms with Crippen molar-refractivity contribution in [2.24, 2.45) is 0 Å². The molecule has 6 nitrogen and oxygen atoms in total. The van der Waals surface area contributed by atoms with E-state index in [1.54, 1.807) is 4.90 Å². The Bertz CT molecular complexity index is 1300. The van der Waals surface area contributed by atoms with Gasteiger partial charge in [0.2, 0.25) is 5.91 Å². The summed E-state index contributed by atoms with van der Waals surface area (Å²) in [6.07, 6.45) is -8.63. The van der Waals surface area contributed by atoms with Crippen LogP contribution in [0.3, 0.4) is 0 Å². The number of alkyl halides is 6. The molecule has 1 aromatic heterocycles. The summed E-state index contributed by atoms with van der Waals surface area (Å²) in [4.78, 5) is 28.7. The Morgan fingerprint density at radius 1 is 0.842 bits per heavy atom. The van der Waals surface area contributed by atoms with Gasteiger partial charge in [0.25, 0.3) is 5.91 Å². The molecule has 0 spiro atoms. The highest BCUT2D eigenvalue weighted by Crippen LogP contribution is 2.35. The van der Waals surface area contributed by atoms with Gasteiger partial charge < -0.3 is 14.6 Å². The zero-order valence-electron chi connectivity index (χ0n) is 19.9. The largest absolute Gasteiger partial charge is 0.451 e. The first kappa shape index (κ1) is 27.2. The first-order valence-electron chi connectivity index (χ1n) is 11.7. The minimum absolute atomic E-state index is 0.0348. The quantitative estimate of drug-likeness (QED) is 0.418. The lowest BCUT2D eigenvalue weighted by Crippen LogP contribution is -2.38. The maximum absolute atomic E-state index is 13.2. The second-order valence-electron chi connectivity index (χ2n) is 8.76. The van der Waals surface area contributed by atoms with E-state index >= 15 is 0 Å². The van der Waals surface area contributed by atoms with Crippen LogP contribution in [0, 0.1) is 0 Å². The van der Waals surface area contributed by atoms with Crippen LogP contribution in [0.5, 0.6) is 0 Å². The molecule has 0 bridgehead atoms. The van der Waals surface area contributed by atoms with Crippen molar-refractivity contribution in [3.05, 3.63) is 77.6 Å². The molecule has 0 aliphatic carbocycles. The first-order valence-corrected chi connectivity index (χ1v) is 11.7. The summed E-state index contributed by atoms with van der Waals surface area (Å²) in [6, 6.07) is 12.1. The summed E-state index contributed by atoms with van der Waals surface area (Å²) in [6.45, 7) is 1.14. The molecule has 1 aliphatic heterocycles. The molecule has 2 aromatic carbocycles. The number of nitrogens with one attached hydrogen (secondary N) is 1. The van der Waals surface area contributed by atoms with E-state index in [4.69, 9.17) is 4.42 Å². The summed E-state index contributed by atoms with van der Waals surface area (Å²) >= 11 is 0. The summed E-state index contributed by atoms with van der Waals surface area (Å²) in [5, 5.41) is 2.31. The molecule has 4 rings (SSSR count). The van der Waals surface area contributed by atoms with Crippen molar-refractivity contribution in [3.63, 3.8) is 0 Å². The van der Waals surface area contributed by atoms with Crippen LogP contribution in [0.25, 0.3) is 11.3 Å². The number of hydrogen-bond donors (Lipinski definition) is 1. The molecule has 1 fully saturated rings. The minimum atomic E-state index is -4.61.